The van der Waals surface area contributed by atoms with E-state index in [2.05, 4.69) is 36.3 Å². The van der Waals surface area contributed by atoms with E-state index >= 15 is 0 Å². The van der Waals surface area contributed by atoms with E-state index in [-0.39, 0.29) is 10.8 Å². The molecule has 128 valence electrons. The molecule has 0 saturated carbocycles. The second kappa shape index (κ2) is 8.42. The molecule has 1 aromatic carbocycles. The predicted molar refractivity (Wildman–Crippen MR) is 96.9 cm³/mol. The third-order valence-electron chi connectivity index (χ3n) is 3.21. The van der Waals surface area contributed by atoms with Crippen LogP contribution in [0, 0.1) is 0 Å². The Morgan fingerprint density at radius 1 is 1.30 bits per heavy atom. The van der Waals surface area contributed by atoms with Gasteiger partial charge in [-0.05, 0) is 24.6 Å². The summed E-state index contributed by atoms with van der Waals surface area (Å²) in [6, 6.07) is 7.10. The summed E-state index contributed by atoms with van der Waals surface area (Å²) in [5.74, 6) is -0.319. The van der Waals surface area contributed by atoms with Crippen LogP contribution < -0.4 is 10.0 Å². The number of benzene rings is 1. The molecular weight excluding hydrogens is 328 g/mol. The van der Waals surface area contributed by atoms with Crippen molar-refractivity contribution in [2.75, 3.05) is 13.1 Å². The van der Waals surface area contributed by atoms with Gasteiger partial charge in [0, 0.05) is 26.7 Å². The van der Waals surface area contributed by atoms with Crippen LogP contribution in [0.5, 0.6) is 0 Å². The maximum absolute atomic E-state index is 12.3. The SMILES string of the molecule is C=CCNC(=O)c1cccc(S(=O)(=O)NCCC[Si](C)(C)C)c1. The molecule has 5 nitrogen and oxygen atoms in total. The summed E-state index contributed by atoms with van der Waals surface area (Å²) in [7, 11) is -4.75. The summed E-state index contributed by atoms with van der Waals surface area (Å²) >= 11 is 0. The molecule has 0 aliphatic carbocycles. The topological polar surface area (TPSA) is 75.3 Å². The van der Waals surface area contributed by atoms with Crippen molar-refractivity contribution in [1.29, 1.82) is 0 Å². The number of carbonyl (C=O) groups excluding carboxylic acids is 1. The van der Waals surface area contributed by atoms with Crippen molar-refractivity contribution >= 4 is 24.0 Å². The molecule has 0 aromatic heterocycles. The van der Waals surface area contributed by atoms with Crippen molar-refractivity contribution < 1.29 is 13.2 Å². The Morgan fingerprint density at radius 2 is 2.00 bits per heavy atom. The largest absolute Gasteiger partial charge is 0.349 e. The first-order chi connectivity index (χ1) is 10.7. The predicted octanol–water partition coefficient (Wildman–Crippen LogP) is 2.61. The van der Waals surface area contributed by atoms with E-state index in [1.165, 1.54) is 12.1 Å². The van der Waals surface area contributed by atoms with E-state index in [4.69, 9.17) is 0 Å². The van der Waals surface area contributed by atoms with Crippen LogP contribution in [-0.2, 0) is 10.0 Å². The molecule has 7 heteroatoms. The van der Waals surface area contributed by atoms with Gasteiger partial charge < -0.3 is 5.32 Å². The summed E-state index contributed by atoms with van der Waals surface area (Å²) in [5.41, 5.74) is 0.317. The lowest BCUT2D eigenvalue weighted by Crippen LogP contribution is -2.28. The van der Waals surface area contributed by atoms with Crippen molar-refractivity contribution in [3.05, 3.63) is 42.5 Å². The molecular formula is C16H26N2O3SSi. The Hall–Kier alpha value is -1.44. The number of hydrogen-bond acceptors (Lipinski definition) is 3. The van der Waals surface area contributed by atoms with Crippen LogP contribution in [0.25, 0.3) is 0 Å². The molecule has 0 unspecified atom stereocenters. The average molecular weight is 355 g/mol. The first-order valence-corrected chi connectivity index (χ1v) is 12.8. The number of carbonyl (C=O) groups is 1. The van der Waals surface area contributed by atoms with Crippen molar-refractivity contribution in [3.8, 4) is 0 Å². The van der Waals surface area contributed by atoms with E-state index in [1.54, 1.807) is 18.2 Å². The van der Waals surface area contributed by atoms with Crippen molar-refractivity contribution in [3.63, 3.8) is 0 Å². The fourth-order valence-corrected chi connectivity index (χ4v) is 4.34. The Bertz CT molecular complexity index is 652. The van der Waals surface area contributed by atoms with Gasteiger partial charge in [0.2, 0.25) is 10.0 Å². The Morgan fingerprint density at radius 3 is 2.61 bits per heavy atom. The molecule has 2 N–H and O–H groups in total. The molecule has 0 aliphatic rings. The smallest absolute Gasteiger partial charge is 0.251 e. The van der Waals surface area contributed by atoms with Crippen LogP contribution in [0.2, 0.25) is 25.7 Å². The lowest BCUT2D eigenvalue weighted by molar-refractivity contribution is 0.0958. The molecule has 1 aromatic rings. The van der Waals surface area contributed by atoms with E-state index < -0.39 is 18.1 Å². The summed E-state index contributed by atoms with van der Waals surface area (Å²) in [6.45, 7) is 11.0. The highest BCUT2D eigenvalue weighted by Gasteiger charge is 2.17. The van der Waals surface area contributed by atoms with Gasteiger partial charge in [0.05, 0.1) is 4.90 Å². The fourth-order valence-electron chi connectivity index (χ4n) is 1.98. The molecule has 0 bridgehead atoms. The minimum Gasteiger partial charge on any atom is -0.349 e. The molecule has 0 heterocycles. The molecule has 0 aliphatic heterocycles. The number of nitrogens with one attached hydrogen (secondary N) is 2. The molecule has 1 rings (SSSR count). The summed E-state index contributed by atoms with van der Waals surface area (Å²) in [6.07, 6.45) is 2.40. The van der Waals surface area contributed by atoms with Crippen LogP contribution in [0.15, 0.2) is 41.8 Å². The molecule has 0 atom stereocenters. The maximum atomic E-state index is 12.3. The van der Waals surface area contributed by atoms with Crippen molar-refractivity contribution in [2.24, 2.45) is 0 Å². The summed E-state index contributed by atoms with van der Waals surface area (Å²) in [5, 5.41) is 2.63. The normalized spacial score (nSPS) is 12.0. The number of rotatable bonds is 9. The van der Waals surface area contributed by atoms with Crippen molar-refractivity contribution in [1.82, 2.24) is 10.0 Å². The monoisotopic (exact) mass is 354 g/mol. The van der Waals surface area contributed by atoms with Gasteiger partial charge in [0.15, 0.2) is 0 Å². The number of sulfonamides is 1. The highest BCUT2D eigenvalue weighted by Crippen LogP contribution is 2.13. The van der Waals surface area contributed by atoms with Gasteiger partial charge in [-0.3, -0.25) is 4.79 Å². The van der Waals surface area contributed by atoms with Gasteiger partial charge in [-0.15, -0.1) is 6.58 Å². The van der Waals surface area contributed by atoms with E-state index in [1.807, 2.05) is 0 Å². The van der Waals surface area contributed by atoms with E-state index in [9.17, 15) is 13.2 Å². The van der Waals surface area contributed by atoms with Gasteiger partial charge in [0.1, 0.15) is 0 Å². The van der Waals surface area contributed by atoms with Crippen LogP contribution in [0.1, 0.15) is 16.8 Å². The molecule has 0 radical (unpaired) electrons. The fraction of sp³-hybridized carbons (Fsp3) is 0.438. The van der Waals surface area contributed by atoms with Gasteiger partial charge >= 0.3 is 0 Å². The first-order valence-electron chi connectivity index (χ1n) is 7.64. The van der Waals surface area contributed by atoms with E-state index in [0.29, 0.717) is 18.7 Å². The third-order valence-corrected chi connectivity index (χ3v) is 6.52. The molecule has 1 amide bonds. The lowest BCUT2D eigenvalue weighted by Gasteiger charge is -2.15. The van der Waals surface area contributed by atoms with Crippen molar-refractivity contribution in [2.45, 2.75) is 37.0 Å². The van der Waals surface area contributed by atoms with Gasteiger partial charge in [-0.2, -0.15) is 0 Å². The zero-order valence-electron chi connectivity index (χ0n) is 14.1. The lowest BCUT2D eigenvalue weighted by atomic mass is 10.2. The number of hydrogen-bond donors (Lipinski definition) is 2. The second-order valence-corrected chi connectivity index (χ2v) is 14.0. The zero-order valence-corrected chi connectivity index (χ0v) is 15.9. The minimum absolute atomic E-state index is 0.108. The third kappa shape index (κ3) is 7.11. The highest BCUT2D eigenvalue weighted by molar-refractivity contribution is 7.89. The quantitative estimate of drug-likeness (QED) is 0.407. The molecule has 0 saturated heterocycles. The van der Waals surface area contributed by atoms with E-state index in [0.717, 1.165) is 12.5 Å². The molecule has 0 fully saturated rings. The van der Waals surface area contributed by atoms with Crippen LogP contribution in [-0.4, -0.2) is 35.5 Å². The van der Waals surface area contributed by atoms with Gasteiger partial charge in [0.25, 0.3) is 5.91 Å². The highest BCUT2D eigenvalue weighted by atomic mass is 32.2. The van der Waals surface area contributed by atoms with Gasteiger partial charge in [-0.25, -0.2) is 13.1 Å². The first kappa shape index (κ1) is 19.6. The zero-order chi connectivity index (χ0) is 17.5. The number of amides is 1. The standard InChI is InChI=1S/C16H26N2O3SSi/c1-5-10-17-16(19)14-8-6-9-15(13-14)22(20,21)18-11-7-12-23(2,3)4/h5-6,8-9,13,18H,1,7,10-12H2,2-4H3,(H,17,19). The maximum Gasteiger partial charge on any atom is 0.251 e. The average Bonchev–Trinajstić information content (AvgIpc) is 2.48. The molecule has 23 heavy (non-hydrogen) atoms. The molecule has 0 spiro atoms. The Balaban J connectivity index is 2.73. The van der Waals surface area contributed by atoms with Gasteiger partial charge in [-0.1, -0.05) is 37.8 Å². The van der Waals surface area contributed by atoms with Crippen LogP contribution in [0.4, 0.5) is 0 Å². The Kier molecular flexibility index (Phi) is 7.18. The second-order valence-electron chi connectivity index (χ2n) is 6.59. The Labute approximate surface area is 140 Å². The van der Waals surface area contributed by atoms with Crippen LogP contribution >= 0.6 is 0 Å². The summed E-state index contributed by atoms with van der Waals surface area (Å²) < 4.78 is 27.2. The summed E-state index contributed by atoms with van der Waals surface area (Å²) in [4.78, 5) is 12.0. The van der Waals surface area contributed by atoms with Crippen LogP contribution in [0.3, 0.4) is 0 Å². The minimum atomic E-state index is -3.59.